The zero-order valence-corrected chi connectivity index (χ0v) is 15.9. The Labute approximate surface area is 159 Å². The third-order valence-electron chi connectivity index (χ3n) is 4.54. The number of aromatic nitrogens is 2. The Bertz CT molecular complexity index is 1190. The molecular formula is C21H12N2O2Te. The van der Waals surface area contributed by atoms with E-state index in [1.807, 2.05) is 18.3 Å². The van der Waals surface area contributed by atoms with Crippen molar-refractivity contribution < 1.29 is 9.59 Å². The Morgan fingerprint density at radius 1 is 0.923 bits per heavy atom. The van der Waals surface area contributed by atoms with Crippen molar-refractivity contribution in [1.82, 2.24) is 9.55 Å². The molecule has 0 radical (unpaired) electrons. The third kappa shape index (κ3) is 2.33. The van der Waals surface area contributed by atoms with Gasteiger partial charge in [0.1, 0.15) is 0 Å². The summed E-state index contributed by atoms with van der Waals surface area (Å²) >= 11 is -0.682. The second-order valence-electron chi connectivity index (χ2n) is 6.06. The van der Waals surface area contributed by atoms with Gasteiger partial charge < -0.3 is 0 Å². The van der Waals surface area contributed by atoms with Gasteiger partial charge in [-0.1, -0.05) is 0 Å². The average molecular weight is 452 g/mol. The first-order chi connectivity index (χ1) is 12.7. The summed E-state index contributed by atoms with van der Waals surface area (Å²) in [6.45, 7) is 0. The van der Waals surface area contributed by atoms with Crippen LogP contribution in [0.15, 0.2) is 72.7 Å². The Hall–Kier alpha value is -2.74. The summed E-state index contributed by atoms with van der Waals surface area (Å²) in [5.41, 5.74) is 2.39. The van der Waals surface area contributed by atoms with Crippen molar-refractivity contribution in [3.8, 4) is 3.70 Å². The second kappa shape index (κ2) is 5.91. The quantitative estimate of drug-likeness (QED) is 0.266. The number of hydrogen-bond acceptors (Lipinski definition) is 3. The molecule has 0 saturated heterocycles. The van der Waals surface area contributed by atoms with E-state index >= 15 is 0 Å². The molecule has 124 valence electrons. The van der Waals surface area contributed by atoms with Gasteiger partial charge in [0.2, 0.25) is 0 Å². The fourth-order valence-corrected chi connectivity index (χ4v) is 5.97. The first kappa shape index (κ1) is 15.5. The van der Waals surface area contributed by atoms with E-state index in [4.69, 9.17) is 0 Å². The molecule has 0 aliphatic heterocycles. The summed E-state index contributed by atoms with van der Waals surface area (Å²) in [4.78, 5) is 29.3. The average Bonchev–Trinajstić information content (AvgIpc) is 3.36. The second-order valence-corrected chi connectivity index (χ2v) is 9.18. The number of fused-ring (bicyclic) bond motifs is 2. The summed E-state index contributed by atoms with van der Waals surface area (Å²) in [5.74, 6) is -0.328. The van der Waals surface area contributed by atoms with E-state index in [-0.39, 0.29) is 17.1 Å². The maximum atomic E-state index is 12.5. The van der Waals surface area contributed by atoms with Gasteiger partial charge in [-0.2, -0.15) is 0 Å². The SMILES string of the molecule is O=C1C(=Cc2ccc(-n3ccc4ccncc43)[te]2)C(=O)c2ccccc21. The van der Waals surface area contributed by atoms with Crippen LogP contribution in [0.3, 0.4) is 0 Å². The monoisotopic (exact) mass is 454 g/mol. The van der Waals surface area contributed by atoms with Gasteiger partial charge in [-0.05, 0) is 0 Å². The van der Waals surface area contributed by atoms with E-state index in [2.05, 4.69) is 27.9 Å². The number of pyridine rings is 1. The first-order valence-electron chi connectivity index (χ1n) is 8.14. The van der Waals surface area contributed by atoms with Crippen molar-refractivity contribution in [2.24, 2.45) is 0 Å². The van der Waals surface area contributed by atoms with Gasteiger partial charge in [-0.25, -0.2) is 0 Å². The van der Waals surface area contributed by atoms with Crippen molar-refractivity contribution in [3.63, 3.8) is 0 Å². The molecule has 0 bridgehead atoms. The number of rotatable bonds is 2. The number of Topliss-reactive ketones (excluding diaryl/α,β-unsaturated/α-hetero) is 2. The van der Waals surface area contributed by atoms with E-state index in [1.54, 1.807) is 36.5 Å². The summed E-state index contributed by atoms with van der Waals surface area (Å²) in [5, 5.41) is 1.15. The molecule has 0 saturated carbocycles. The fourth-order valence-electron chi connectivity index (χ4n) is 3.26. The van der Waals surface area contributed by atoms with Gasteiger partial charge in [0, 0.05) is 0 Å². The van der Waals surface area contributed by atoms with Gasteiger partial charge in [0.15, 0.2) is 0 Å². The standard InChI is InChI=1S/C21H12N2O2Te/c24-20-15-3-1-2-4-16(15)21(25)17(20)11-14-5-6-19(26-14)23-10-8-13-7-9-22-12-18(13)23/h1-12H. The van der Waals surface area contributed by atoms with Crippen LogP contribution in [0.2, 0.25) is 0 Å². The van der Waals surface area contributed by atoms with E-state index in [0.29, 0.717) is 11.1 Å². The van der Waals surface area contributed by atoms with Crippen LogP contribution < -0.4 is 0 Å². The summed E-state index contributed by atoms with van der Waals surface area (Å²) in [6, 6.07) is 15.2. The number of carbonyl (C=O) groups is 2. The molecular weight excluding hydrogens is 440 g/mol. The third-order valence-corrected chi connectivity index (χ3v) is 7.48. The Morgan fingerprint density at radius 2 is 1.69 bits per heavy atom. The van der Waals surface area contributed by atoms with Gasteiger partial charge in [-0.15, -0.1) is 0 Å². The van der Waals surface area contributed by atoms with E-state index in [9.17, 15) is 9.59 Å². The number of benzene rings is 1. The van der Waals surface area contributed by atoms with Gasteiger partial charge in [-0.3, -0.25) is 0 Å². The molecule has 5 rings (SSSR count). The molecule has 1 aliphatic carbocycles. The molecule has 26 heavy (non-hydrogen) atoms. The number of ketones is 2. The fraction of sp³-hybridized carbons (Fsp3) is 0. The van der Waals surface area contributed by atoms with Crippen molar-refractivity contribution in [2.45, 2.75) is 0 Å². The molecule has 3 aromatic heterocycles. The molecule has 0 fully saturated rings. The van der Waals surface area contributed by atoms with Crippen molar-refractivity contribution in [3.05, 3.63) is 87.4 Å². The van der Waals surface area contributed by atoms with Crippen LogP contribution in [0.1, 0.15) is 24.3 Å². The van der Waals surface area contributed by atoms with Crippen LogP contribution in [-0.4, -0.2) is 41.5 Å². The summed E-state index contributed by atoms with van der Waals surface area (Å²) in [6.07, 6.45) is 7.49. The van der Waals surface area contributed by atoms with Crippen molar-refractivity contribution in [1.29, 1.82) is 0 Å². The van der Waals surface area contributed by atoms with E-state index in [1.165, 1.54) is 3.70 Å². The van der Waals surface area contributed by atoms with Crippen LogP contribution in [0.5, 0.6) is 0 Å². The minimum atomic E-state index is -0.682. The molecule has 0 N–H and O–H groups in total. The molecule has 0 amide bonds. The van der Waals surface area contributed by atoms with Crippen LogP contribution in [0.25, 0.3) is 20.7 Å². The molecule has 0 spiro atoms. The normalized spacial score (nSPS) is 13.5. The molecule has 3 heterocycles. The zero-order chi connectivity index (χ0) is 17.7. The number of allylic oxidation sites excluding steroid dienone is 1. The number of nitrogens with zero attached hydrogens (tertiary/aromatic N) is 2. The number of carbonyl (C=O) groups excluding carboxylic acids is 2. The van der Waals surface area contributed by atoms with Crippen LogP contribution in [-0.2, 0) is 0 Å². The van der Waals surface area contributed by atoms with E-state index < -0.39 is 20.4 Å². The van der Waals surface area contributed by atoms with Crippen LogP contribution in [0, 0.1) is 0 Å². The maximum absolute atomic E-state index is 12.5. The molecule has 0 unspecified atom stereocenters. The van der Waals surface area contributed by atoms with Crippen molar-refractivity contribution in [2.75, 3.05) is 0 Å². The predicted molar refractivity (Wildman–Crippen MR) is 101 cm³/mol. The van der Waals surface area contributed by atoms with Crippen LogP contribution in [0.4, 0.5) is 0 Å². The van der Waals surface area contributed by atoms with Crippen LogP contribution >= 0.6 is 0 Å². The Morgan fingerprint density at radius 3 is 2.46 bits per heavy atom. The van der Waals surface area contributed by atoms with Crippen molar-refractivity contribution >= 4 is 49.0 Å². The van der Waals surface area contributed by atoms with Gasteiger partial charge >= 0.3 is 159 Å². The molecule has 5 heteroatoms. The number of hydrogen-bond donors (Lipinski definition) is 0. The van der Waals surface area contributed by atoms with Gasteiger partial charge in [0.05, 0.1) is 0 Å². The molecule has 0 atom stereocenters. The Kier molecular flexibility index (Phi) is 3.53. The van der Waals surface area contributed by atoms with Gasteiger partial charge in [0.25, 0.3) is 0 Å². The summed E-state index contributed by atoms with van der Waals surface area (Å²) in [7, 11) is 0. The molecule has 4 aromatic rings. The minimum absolute atomic E-state index is 0.164. The first-order valence-corrected chi connectivity index (χ1v) is 10.5. The zero-order valence-electron chi connectivity index (χ0n) is 13.5. The summed E-state index contributed by atoms with van der Waals surface area (Å²) < 4.78 is 4.46. The topological polar surface area (TPSA) is 52.0 Å². The predicted octanol–water partition coefficient (Wildman–Crippen LogP) is 3.55. The van der Waals surface area contributed by atoms with E-state index in [0.717, 1.165) is 14.5 Å². The molecule has 4 nitrogen and oxygen atoms in total. The molecule has 1 aliphatic rings. The molecule has 1 aromatic carbocycles. The Balaban J connectivity index is 1.55.